The number of pyridine rings is 1. The van der Waals surface area contributed by atoms with Crippen molar-refractivity contribution in [2.24, 2.45) is 11.1 Å². The molecule has 0 spiro atoms. The van der Waals surface area contributed by atoms with Gasteiger partial charge in [0.1, 0.15) is 0 Å². The second kappa shape index (κ2) is 5.63. The van der Waals surface area contributed by atoms with Crippen LogP contribution in [-0.2, 0) is 6.54 Å². The van der Waals surface area contributed by atoms with Crippen molar-refractivity contribution in [1.82, 2.24) is 9.88 Å². The molecule has 0 aromatic carbocycles. The minimum Gasteiger partial charge on any atom is -0.393 e. The van der Waals surface area contributed by atoms with Crippen molar-refractivity contribution in [3.8, 4) is 0 Å². The van der Waals surface area contributed by atoms with Gasteiger partial charge in [-0.3, -0.25) is 9.88 Å². The Morgan fingerprint density at radius 1 is 1.50 bits per heavy atom. The molecule has 3 nitrogen and oxygen atoms in total. The van der Waals surface area contributed by atoms with Gasteiger partial charge in [-0.25, -0.2) is 0 Å². The molecule has 1 aliphatic heterocycles. The number of aromatic nitrogens is 1. The van der Waals surface area contributed by atoms with E-state index in [4.69, 9.17) is 18.0 Å². The topological polar surface area (TPSA) is 42.1 Å². The van der Waals surface area contributed by atoms with Gasteiger partial charge in [-0.15, -0.1) is 0 Å². The molecule has 5 heteroatoms. The molecule has 0 unspecified atom stereocenters. The van der Waals surface area contributed by atoms with Gasteiger partial charge in [0, 0.05) is 28.8 Å². The predicted octanol–water partition coefficient (Wildman–Crippen LogP) is 2.73. The Bertz CT molecular complexity index is 442. The molecule has 1 fully saturated rings. The summed E-state index contributed by atoms with van der Waals surface area (Å²) in [6, 6.07) is 2.12. The van der Waals surface area contributed by atoms with Crippen molar-refractivity contribution >= 4 is 33.1 Å². The van der Waals surface area contributed by atoms with Crippen LogP contribution >= 0.6 is 28.1 Å². The van der Waals surface area contributed by atoms with Crippen LogP contribution in [0.15, 0.2) is 22.9 Å². The SMILES string of the molecule is CC1(C(N)=S)CCN(Cc2cncc(Br)c2)CC1. The van der Waals surface area contributed by atoms with Crippen LogP contribution in [0.2, 0.25) is 0 Å². The number of piperidine rings is 1. The van der Waals surface area contributed by atoms with E-state index >= 15 is 0 Å². The van der Waals surface area contributed by atoms with Crippen LogP contribution in [0.5, 0.6) is 0 Å². The normalized spacial score (nSPS) is 19.7. The summed E-state index contributed by atoms with van der Waals surface area (Å²) in [5.74, 6) is 0. The first-order valence-electron chi connectivity index (χ1n) is 6.11. The van der Waals surface area contributed by atoms with Crippen molar-refractivity contribution in [3.63, 3.8) is 0 Å². The lowest BCUT2D eigenvalue weighted by atomic mass is 9.80. The largest absolute Gasteiger partial charge is 0.393 e. The summed E-state index contributed by atoms with van der Waals surface area (Å²) in [5, 5.41) is 0. The van der Waals surface area contributed by atoms with Gasteiger partial charge >= 0.3 is 0 Å². The zero-order valence-corrected chi connectivity index (χ0v) is 12.9. The average Bonchev–Trinajstić information content (AvgIpc) is 2.32. The fraction of sp³-hybridized carbons (Fsp3) is 0.538. The molecular formula is C13H18BrN3S. The summed E-state index contributed by atoms with van der Waals surface area (Å²) in [7, 11) is 0. The number of nitrogens with two attached hydrogens (primary N) is 1. The third-order valence-corrected chi connectivity index (χ3v) is 4.65. The number of nitrogens with zero attached hydrogens (tertiary/aromatic N) is 2. The van der Waals surface area contributed by atoms with E-state index in [0.29, 0.717) is 4.99 Å². The summed E-state index contributed by atoms with van der Waals surface area (Å²) in [6.45, 7) is 5.20. The summed E-state index contributed by atoms with van der Waals surface area (Å²) >= 11 is 8.61. The van der Waals surface area contributed by atoms with Gasteiger partial charge in [-0.1, -0.05) is 19.1 Å². The number of rotatable bonds is 3. The Morgan fingerprint density at radius 2 is 2.17 bits per heavy atom. The molecule has 0 atom stereocenters. The first-order valence-corrected chi connectivity index (χ1v) is 7.31. The van der Waals surface area contributed by atoms with Crippen molar-refractivity contribution in [3.05, 3.63) is 28.5 Å². The predicted molar refractivity (Wildman–Crippen MR) is 81.3 cm³/mol. The Hall–Kier alpha value is -0.520. The maximum atomic E-state index is 5.82. The van der Waals surface area contributed by atoms with E-state index in [0.717, 1.165) is 36.9 Å². The Balaban J connectivity index is 1.93. The molecule has 1 aliphatic rings. The molecule has 1 saturated heterocycles. The Kier molecular flexibility index (Phi) is 4.35. The first-order chi connectivity index (χ1) is 8.49. The van der Waals surface area contributed by atoms with E-state index in [2.05, 4.69) is 38.8 Å². The summed E-state index contributed by atoms with van der Waals surface area (Å²) in [4.78, 5) is 7.28. The summed E-state index contributed by atoms with van der Waals surface area (Å²) in [5.41, 5.74) is 7.10. The Labute approximate surface area is 122 Å². The summed E-state index contributed by atoms with van der Waals surface area (Å²) in [6.07, 6.45) is 5.82. The number of hydrogen-bond donors (Lipinski definition) is 1. The minimum atomic E-state index is 0.0430. The van der Waals surface area contributed by atoms with Crippen LogP contribution in [0.25, 0.3) is 0 Å². The molecule has 18 heavy (non-hydrogen) atoms. The quantitative estimate of drug-likeness (QED) is 0.867. The maximum Gasteiger partial charge on any atom is 0.0788 e. The van der Waals surface area contributed by atoms with Crippen LogP contribution in [0.4, 0.5) is 0 Å². The highest BCUT2D eigenvalue weighted by Gasteiger charge is 2.32. The molecule has 2 heterocycles. The molecule has 0 bridgehead atoms. The van der Waals surface area contributed by atoms with E-state index in [9.17, 15) is 0 Å². The van der Waals surface area contributed by atoms with E-state index in [-0.39, 0.29) is 5.41 Å². The second-order valence-electron chi connectivity index (χ2n) is 5.21. The fourth-order valence-electron chi connectivity index (χ4n) is 2.25. The highest BCUT2D eigenvalue weighted by atomic mass is 79.9. The number of likely N-dealkylation sites (tertiary alicyclic amines) is 1. The molecule has 2 N–H and O–H groups in total. The van der Waals surface area contributed by atoms with Crippen LogP contribution in [0.3, 0.4) is 0 Å². The highest BCUT2D eigenvalue weighted by molar-refractivity contribution is 9.10. The van der Waals surface area contributed by atoms with Gasteiger partial charge in [0.05, 0.1) is 4.99 Å². The van der Waals surface area contributed by atoms with Gasteiger partial charge < -0.3 is 5.73 Å². The number of hydrogen-bond acceptors (Lipinski definition) is 3. The van der Waals surface area contributed by atoms with Crippen LogP contribution in [0, 0.1) is 5.41 Å². The molecule has 0 amide bonds. The van der Waals surface area contributed by atoms with Crippen LogP contribution < -0.4 is 5.73 Å². The zero-order chi connectivity index (χ0) is 13.2. The average molecular weight is 328 g/mol. The van der Waals surface area contributed by atoms with Gasteiger partial charge in [0.15, 0.2) is 0 Å². The molecule has 98 valence electrons. The fourth-order valence-corrected chi connectivity index (χ4v) is 2.87. The zero-order valence-electron chi connectivity index (χ0n) is 10.5. The van der Waals surface area contributed by atoms with Gasteiger partial charge in [-0.05, 0) is 53.5 Å². The van der Waals surface area contributed by atoms with Crippen LogP contribution in [-0.4, -0.2) is 28.0 Å². The van der Waals surface area contributed by atoms with Crippen molar-refractivity contribution in [2.45, 2.75) is 26.3 Å². The lowest BCUT2D eigenvalue weighted by Gasteiger charge is -2.38. The van der Waals surface area contributed by atoms with Gasteiger partial charge in [0.25, 0.3) is 0 Å². The van der Waals surface area contributed by atoms with Crippen molar-refractivity contribution in [2.75, 3.05) is 13.1 Å². The van der Waals surface area contributed by atoms with Gasteiger partial charge in [-0.2, -0.15) is 0 Å². The molecule has 0 aliphatic carbocycles. The van der Waals surface area contributed by atoms with Crippen molar-refractivity contribution in [1.29, 1.82) is 0 Å². The highest BCUT2D eigenvalue weighted by Crippen LogP contribution is 2.31. The maximum absolute atomic E-state index is 5.82. The minimum absolute atomic E-state index is 0.0430. The molecule has 0 saturated carbocycles. The molecule has 1 aromatic rings. The molecule has 0 radical (unpaired) electrons. The Morgan fingerprint density at radius 3 is 2.72 bits per heavy atom. The first kappa shape index (κ1) is 13.9. The number of thiocarbonyl (C=S) groups is 1. The van der Waals surface area contributed by atoms with E-state index in [1.807, 2.05) is 12.4 Å². The third-order valence-electron chi connectivity index (χ3n) is 3.72. The smallest absolute Gasteiger partial charge is 0.0788 e. The van der Waals surface area contributed by atoms with Gasteiger partial charge in [0.2, 0.25) is 0 Å². The standard InChI is InChI=1S/C13H18BrN3S/c1-13(12(15)18)2-4-17(5-3-13)9-10-6-11(14)8-16-7-10/h6-8H,2-5,9H2,1H3,(H2,15,18). The second-order valence-corrected chi connectivity index (χ2v) is 6.57. The van der Waals surface area contributed by atoms with E-state index in [1.165, 1.54) is 5.56 Å². The molecule has 2 rings (SSSR count). The monoisotopic (exact) mass is 327 g/mol. The van der Waals surface area contributed by atoms with E-state index < -0.39 is 0 Å². The third kappa shape index (κ3) is 3.28. The summed E-state index contributed by atoms with van der Waals surface area (Å²) < 4.78 is 1.03. The molecular weight excluding hydrogens is 310 g/mol. The van der Waals surface area contributed by atoms with E-state index in [1.54, 1.807) is 0 Å². The van der Waals surface area contributed by atoms with Crippen LogP contribution in [0.1, 0.15) is 25.3 Å². The molecule has 1 aromatic heterocycles. The van der Waals surface area contributed by atoms with Crippen molar-refractivity contribution < 1.29 is 0 Å². The lowest BCUT2D eigenvalue weighted by molar-refractivity contribution is 0.158. The number of halogens is 1. The lowest BCUT2D eigenvalue weighted by Crippen LogP contribution is -2.44.